The van der Waals surface area contributed by atoms with Crippen LogP contribution in [0.15, 0.2) is 59.5 Å². The van der Waals surface area contributed by atoms with E-state index in [1.54, 1.807) is 0 Å². The van der Waals surface area contributed by atoms with Crippen LogP contribution < -0.4 is 9.46 Å². The molecule has 2 aromatic carbocycles. The van der Waals surface area contributed by atoms with Crippen molar-refractivity contribution in [3.63, 3.8) is 0 Å². The number of ether oxygens (including phenoxy) is 1. The van der Waals surface area contributed by atoms with Crippen LogP contribution in [0.3, 0.4) is 0 Å². The van der Waals surface area contributed by atoms with E-state index in [0.717, 1.165) is 63.2 Å². The van der Waals surface area contributed by atoms with Crippen molar-refractivity contribution in [1.29, 1.82) is 0 Å². The standard InChI is InChI=1S/C22H25F3N2O3S/c23-22(24,25)30-19-7-9-20(10-8-19)31(28,29)26-13-18-15-27(16-21(18)11-4-12-21)14-17-5-2-1-3-6-17/h1-3,5-10,18,26H,4,11-16H2/t18-/m0/s1. The van der Waals surface area contributed by atoms with Gasteiger partial charge in [-0.3, -0.25) is 4.90 Å². The van der Waals surface area contributed by atoms with E-state index in [1.165, 1.54) is 5.56 Å². The van der Waals surface area contributed by atoms with Crippen molar-refractivity contribution in [2.75, 3.05) is 19.6 Å². The Bertz CT molecular complexity index is 991. The second-order valence-corrected chi connectivity index (χ2v) is 10.2. The molecular formula is C22H25F3N2O3S. The van der Waals surface area contributed by atoms with E-state index in [-0.39, 0.29) is 16.2 Å². The van der Waals surface area contributed by atoms with Crippen molar-refractivity contribution >= 4 is 10.0 Å². The zero-order valence-corrected chi connectivity index (χ0v) is 17.8. The van der Waals surface area contributed by atoms with Gasteiger partial charge in [-0.15, -0.1) is 13.2 Å². The third-order valence-electron chi connectivity index (χ3n) is 6.37. The summed E-state index contributed by atoms with van der Waals surface area (Å²) >= 11 is 0. The molecule has 0 radical (unpaired) electrons. The lowest BCUT2D eigenvalue weighted by Gasteiger charge is -2.43. The van der Waals surface area contributed by atoms with Crippen LogP contribution >= 0.6 is 0 Å². The van der Waals surface area contributed by atoms with E-state index < -0.39 is 22.1 Å². The van der Waals surface area contributed by atoms with Crippen molar-refractivity contribution in [3.05, 3.63) is 60.2 Å². The number of nitrogens with zero attached hydrogens (tertiary/aromatic N) is 1. The van der Waals surface area contributed by atoms with Crippen molar-refractivity contribution in [3.8, 4) is 5.75 Å². The number of hydrogen-bond donors (Lipinski definition) is 1. The number of hydrogen-bond acceptors (Lipinski definition) is 4. The molecule has 1 aliphatic heterocycles. The molecule has 9 heteroatoms. The van der Waals surface area contributed by atoms with Gasteiger partial charge in [0.1, 0.15) is 5.75 Å². The Morgan fingerprint density at radius 3 is 2.32 bits per heavy atom. The minimum atomic E-state index is -4.82. The topological polar surface area (TPSA) is 58.6 Å². The van der Waals surface area contributed by atoms with E-state index in [4.69, 9.17) is 0 Å². The minimum Gasteiger partial charge on any atom is -0.406 e. The summed E-state index contributed by atoms with van der Waals surface area (Å²) in [5.74, 6) is -0.250. The number of nitrogens with one attached hydrogen (secondary N) is 1. The lowest BCUT2D eigenvalue weighted by Crippen LogP contribution is -2.42. The van der Waals surface area contributed by atoms with Gasteiger partial charge in [-0.2, -0.15) is 0 Å². The maximum atomic E-state index is 12.7. The number of sulfonamides is 1. The minimum absolute atomic E-state index is 0.0798. The third-order valence-corrected chi connectivity index (χ3v) is 7.81. The lowest BCUT2D eigenvalue weighted by molar-refractivity contribution is -0.274. The van der Waals surface area contributed by atoms with Crippen LogP contribution in [-0.4, -0.2) is 39.3 Å². The summed E-state index contributed by atoms with van der Waals surface area (Å²) in [4.78, 5) is 2.31. The van der Waals surface area contributed by atoms with Crippen LogP contribution in [0.4, 0.5) is 13.2 Å². The average molecular weight is 455 g/mol. The molecule has 1 atom stereocenters. The molecule has 1 N–H and O–H groups in total. The molecule has 1 spiro atoms. The van der Waals surface area contributed by atoms with Crippen LogP contribution in [-0.2, 0) is 16.6 Å². The zero-order chi connectivity index (χ0) is 22.1. The molecule has 0 amide bonds. The number of halogens is 3. The van der Waals surface area contributed by atoms with Crippen molar-refractivity contribution in [2.45, 2.75) is 37.1 Å². The first-order valence-electron chi connectivity index (χ1n) is 10.3. The van der Waals surface area contributed by atoms with Crippen molar-refractivity contribution < 1.29 is 26.3 Å². The maximum Gasteiger partial charge on any atom is 0.573 e. The third kappa shape index (κ3) is 5.22. The quantitative estimate of drug-likeness (QED) is 0.683. The normalized spacial score (nSPS) is 21.2. The predicted molar refractivity (Wildman–Crippen MR) is 110 cm³/mol. The fourth-order valence-electron chi connectivity index (χ4n) is 4.70. The largest absolute Gasteiger partial charge is 0.573 e. The second kappa shape index (κ2) is 8.44. The summed E-state index contributed by atoms with van der Waals surface area (Å²) in [6, 6.07) is 14.5. The van der Waals surface area contributed by atoms with E-state index >= 15 is 0 Å². The Kier molecular flexibility index (Phi) is 6.02. The molecule has 1 aliphatic carbocycles. The highest BCUT2D eigenvalue weighted by molar-refractivity contribution is 7.89. The lowest BCUT2D eigenvalue weighted by atomic mass is 9.63. The molecular weight excluding hydrogens is 429 g/mol. The fourth-order valence-corrected chi connectivity index (χ4v) is 5.78. The summed E-state index contributed by atoms with van der Waals surface area (Å²) in [6.45, 7) is 2.93. The Morgan fingerprint density at radius 2 is 1.74 bits per heavy atom. The van der Waals surface area contributed by atoms with Crippen LogP contribution in [0.25, 0.3) is 0 Å². The first kappa shape index (κ1) is 22.1. The SMILES string of the molecule is O=S(=O)(NC[C@H]1CN(Cc2ccccc2)CC12CCC2)c1ccc(OC(F)(F)F)cc1. The van der Waals surface area contributed by atoms with Crippen LogP contribution in [0, 0.1) is 11.3 Å². The van der Waals surface area contributed by atoms with E-state index in [9.17, 15) is 21.6 Å². The predicted octanol–water partition coefficient (Wildman–Crippen LogP) is 4.17. The fraction of sp³-hybridized carbons (Fsp3) is 0.455. The molecule has 5 nitrogen and oxygen atoms in total. The number of alkyl halides is 3. The summed E-state index contributed by atoms with van der Waals surface area (Å²) in [5.41, 5.74) is 1.38. The van der Waals surface area contributed by atoms with Crippen LogP contribution in [0.2, 0.25) is 0 Å². The highest BCUT2D eigenvalue weighted by atomic mass is 32.2. The van der Waals surface area contributed by atoms with Crippen LogP contribution in [0.5, 0.6) is 5.75 Å². The van der Waals surface area contributed by atoms with Gasteiger partial charge >= 0.3 is 6.36 Å². The van der Waals surface area contributed by atoms with Gasteiger partial charge in [0.05, 0.1) is 4.90 Å². The molecule has 0 unspecified atom stereocenters. The van der Waals surface area contributed by atoms with Gasteiger partial charge in [0, 0.05) is 26.2 Å². The molecule has 1 saturated heterocycles. The number of rotatable bonds is 7. The number of likely N-dealkylation sites (tertiary alicyclic amines) is 1. The molecule has 1 saturated carbocycles. The summed E-state index contributed by atoms with van der Waals surface area (Å²) in [7, 11) is -3.82. The Labute approximate surface area is 180 Å². The summed E-state index contributed by atoms with van der Waals surface area (Å²) in [6.07, 6.45) is -1.48. The molecule has 1 heterocycles. The first-order chi connectivity index (χ1) is 14.7. The molecule has 2 aromatic rings. The Hall–Kier alpha value is -2.10. The average Bonchev–Trinajstić information content (AvgIpc) is 3.05. The van der Waals surface area contributed by atoms with E-state index in [0.29, 0.717) is 6.54 Å². The summed E-state index contributed by atoms with van der Waals surface area (Å²) < 4.78 is 68.7. The zero-order valence-electron chi connectivity index (χ0n) is 16.9. The summed E-state index contributed by atoms with van der Waals surface area (Å²) in [5, 5.41) is 0. The van der Waals surface area contributed by atoms with E-state index in [1.807, 2.05) is 18.2 Å². The molecule has 2 aliphatic rings. The van der Waals surface area contributed by atoms with Gasteiger partial charge in [-0.25, -0.2) is 13.1 Å². The second-order valence-electron chi connectivity index (χ2n) is 8.44. The van der Waals surface area contributed by atoms with Gasteiger partial charge in [0.2, 0.25) is 10.0 Å². The van der Waals surface area contributed by atoms with Gasteiger partial charge in [0.15, 0.2) is 0 Å². The number of benzene rings is 2. The molecule has 31 heavy (non-hydrogen) atoms. The smallest absolute Gasteiger partial charge is 0.406 e. The monoisotopic (exact) mass is 454 g/mol. The highest BCUT2D eigenvalue weighted by Gasteiger charge is 2.50. The van der Waals surface area contributed by atoms with Gasteiger partial charge < -0.3 is 4.74 Å². The Morgan fingerprint density at radius 1 is 1.06 bits per heavy atom. The van der Waals surface area contributed by atoms with Gasteiger partial charge in [-0.1, -0.05) is 36.8 Å². The van der Waals surface area contributed by atoms with Crippen molar-refractivity contribution in [2.24, 2.45) is 11.3 Å². The molecule has 168 valence electrons. The van der Waals surface area contributed by atoms with Gasteiger partial charge in [0.25, 0.3) is 0 Å². The molecule has 4 rings (SSSR count). The first-order valence-corrected chi connectivity index (χ1v) is 11.8. The van der Waals surface area contributed by atoms with Crippen LogP contribution in [0.1, 0.15) is 24.8 Å². The van der Waals surface area contributed by atoms with Crippen molar-refractivity contribution in [1.82, 2.24) is 9.62 Å². The highest BCUT2D eigenvalue weighted by Crippen LogP contribution is 2.51. The molecule has 0 aromatic heterocycles. The molecule has 0 bridgehead atoms. The maximum absolute atomic E-state index is 12.7. The molecule has 2 fully saturated rings. The van der Waals surface area contributed by atoms with E-state index in [2.05, 4.69) is 26.5 Å². The van der Waals surface area contributed by atoms with Gasteiger partial charge in [-0.05, 0) is 54.0 Å². The Balaban J connectivity index is 1.39.